The second kappa shape index (κ2) is 10.2. The minimum atomic E-state index is -4.46. The average molecular weight is 469 g/mol. The van der Waals surface area contributed by atoms with Gasteiger partial charge >= 0.3 is 6.18 Å². The van der Waals surface area contributed by atoms with E-state index < -0.39 is 11.7 Å². The number of likely N-dealkylation sites (tertiary alicyclic amines) is 1. The van der Waals surface area contributed by atoms with E-state index >= 15 is 0 Å². The minimum absolute atomic E-state index is 0.0600. The molecule has 1 amide bonds. The van der Waals surface area contributed by atoms with E-state index in [2.05, 4.69) is 23.7 Å². The Labute approximate surface area is 194 Å². The molecule has 6 nitrogen and oxygen atoms in total. The molecule has 0 radical (unpaired) electrons. The van der Waals surface area contributed by atoms with Gasteiger partial charge in [-0.05, 0) is 57.6 Å². The Hall–Kier alpha value is -1.87. The molecule has 3 unspecified atom stereocenters. The monoisotopic (exact) mass is 468 g/mol. The van der Waals surface area contributed by atoms with E-state index in [9.17, 15) is 18.0 Å². The van der Waals surface area contributed by atoms with Crippen LogP contribution in [0.1, 0.15) is 45.1 Å². The summed E-state index contributed by atoms with van der Waals surface area (Å²) in [6, 6.07) is 2.37. The lowest BCUT2D eigenvalue weighted by Crippen LogP contribution is -2.50. The van der Waals surface area contributed by atoms with Crippen LogP contribution in [-0.4, -0.2) is 78.7 Å². The SMILES string of the molecule is CC1CN(CC2CCN(C(=O)C3CCCN(c4ncccc4C(F)(F)F)C3)CC2)CC(C)O1. The maximum atomic E-state index is 13.4. The summed E-state index contributed by atoms with van der Waals surface area (Å²) < 4.78 is 46.2. The number of aromatic nitrogens is 1. The van der Waals surface area contributed by atoms with E-state index in [4.69, 9.17) is 4.74 Å². The van der Waals surface area contributed by atoms with E-state index in [1.54, 1.807) is 4.90 Å². The summed E-state index contributed by atoms with van der Waals surface area (Å²) in [4.78, 5) is 23.3. The van der Waals surface area contributed by atoms with Gasteiger partial charge in [-0.15, -0.1) is 0 Å². The number of carbonyl (C=O) groups excluding carboxylic acids is 1. The van der Waals surface area contributed by atoms with Crippen LogP contribution in [0, 0.1) is 11.8 Å². The Morgan fingerprint density at radius 2 is 1.79 bits per heavy atom. The summed E-state index contributed by atoms with van der Waals surface area (Å²) in [7, 11) is 0. The lowest BCUT2D eigenvalue weighted by atomic mass is 9.92. The topological polar surface area (TPSA) is 48.9 Å². The van der Waals surface area contributed by atoms with E-state index in [1.807, 2.05) is 4.90 Å². The number of hydrogen-bond donors (Lipinski definition) is 0. The number of carbonyl (C=O) groups is 1. The highest BCUT2D eigenvalue weighted by molar-refractivity contribution is 5.80. The van der Waals surface area contributed by atoms with Gasteiger partial charge in [-0.3, -0.25) is 9.69 Å². The van der Waals surface area contributed by atoms with Crippen molar-refractivity contribution in [1.29, 1.82) is 0 Å². The van der Waals surface area contributed by atoms with Crippen molar-refractivity contribution in [2.45, 2.75) is 57.9 Å². The van der Waals surface area contributed by atoms with Crippen molar-refractivity contribution in [3.8, 4) is 0 Å². The zero-order valence-corrected chi connectivity index (χ0v) is 19.6. The fraction of sp³-hybridized carbons (Fsp3) is 0.750. The number of halogens is 3. The predicted molar refractivity (Wildman–Crippen MR) is 120 cm³/mol. The Kier molecular flexibility index (Phi) is 7.48. The Morgan fingerprint density at radius 3 is 2.45 bits per heavy atom. The zero-order valence-electron chi connectivity index (χ0n) is 19.6. The molecule has 3 atom stereocenters. The molecule has 0 aliphatic carbocycles. The van der Waals surface area contributed by atoms with Gasteiger partial charge in [0.1, 0.15) is 5.82 Å². The molecule has 3 aliphatic heterocycles. The molecule has 0 spiro atoms. The molecular weight excluding hydrogens is 433 g/mol. The largest absolute Gasteiger partial charge is 0.419 e. The Morgan fingerprint density at radius 1 is 1.09 bits per heavy atom. The number of pyridine rings is 1. The van der Waals surface area contributed by atoms with Crippen molar-refractivity contribution in [2.24, 2.45) is 11.8 Å². The Bertz CT molecular complexity index is 803. The van der Waals surface area contributed by atoms with Gasteiger partial charge < -0.3 is 14.5 Å². The van der Waals surface area contributed by atoms with Crippen LogP contribution >= 0.6 is 0 Å². The van der Waals surface area contributed by atoms with Crippen LogP contribution in [-0.2, 0) is 15.7 Å². The predicted octanol–water partition coefficient (Wildman–Crippen LogP) is 3.66. The maximum absolute atomic E-state index is 13.4. The quantitative estimate of drug-likeness (QED) is 0.675. The molecule has 1 aromatic heterocycles. The van der Waals surface area contributed by atoms with Gasteiger partial charge in [-0.2, -0.15) is 13.2 Å². The minimum Gasteiger partial charge on any atom is -0.373 e. The van der Waals surface area contributed by atoms with Gasteiger partial charge in [0.2, 0.25) is 5.91 Å². The molecule has 3 saturated heterocycles. The second-order valence-electron chi connectivity index (χ2n) is 9.90. The summed E-state index contributed by atoms with van der Waals surface area (Å²) in [5.74, 6) is 0.308. The fourth-order valence-electron chi connectivity index (χ4n) is 5.63. The fourth-order valence-corrected chi connectivity index (χ4v) is 5.63. The molecule has 0 aromatic carbocycles. The number of morpholine rings is 1. The number of alkyl halides is 3. The van der Waals surface area contributed by atoms with Crippen LogP contribution in [0.25, 0.3) is 0 Å². The molecular formula is C24H35F3N4O2. The first kappa shape index (κ1) is 24.3. The highest BCUT2D eigenvalue weighted by Gasteiger charge is 2.38. The van der Waals surface area contributed by atoms with Gasteiger partial charge in [-0.25, -0.2) is 4.98 Å². The van der Waals surface area contributed by atoms with Gasteiger partial charge in [0.05, 0.1) is 23.7 Å². The molecule has 184 valence electrons. The maximum Gasteiger partial charge on any atom is 0.419 e. The van der Waals surface area contributed by atoms with Gasteiger partial charge in [-0.1, -0.05) is 0 Å². The zero-order chi connectivity index (χ0) is 23.6. The molecule has 4 rings (SSSR count). The molecule has 3 fully saturated rings. The lowest BCUT2D eigenvalue weighted by Gasteiger charge is -2.41. The Balaban J connectivity index is 1.31. The van der Waals surface area contributed by atoms with Crippen molar-refractivity contribution in [2.75, 3.05) is 50.7 Å². The number of rotatable bonds is 4. The third-order valence-electron chi connectivity index (χ3n) is 7.10. The number of amides is 1. The van der Waals surface area contributed by atoms with E-state index in [1.165, 1.54) is 12.3 Å². The summed E-state index contributed by atoms with van der Waals surface area (Å²) in [6.07, 6.45) is 0.779. The molecule has 0 N–H and O–H groups in total. The van der Waals surface area contributed by atoms with E-state index in [0.29, 0.717) is 31.8 Å². The van der Waals surface area contributed by atoms with Crippen molar-refractivity contribution in [1.82, 2.24) is 14.8 Å². The lowest BCUT2D eigenvalue weighted by molar-refractivity contribution is -0.137. The summed E-state index contributed by atoms with van der Waals surface area (Å²) in [5, 5.41) is 0. The number of hydrogen-bond acceptors (Lipinski definition) is 5. The number of piperidine rings is 2. The normalized spacial score (nSPS) is 28.2. The van der Waals surface area contributed by atoms with Gasteiger partial charge in [0.15, 0.2) is 0 Å². The highest BCUT2D eigenvalue weighted by Crippen LogP contribution is 2.36. The molecule has 0 bridgehead atoms. The third kappa shape index (κ3) is 5.98. The van der Waals surface area contributed by atoms with E-state index in [0.717, 1.165) is 51.6 Å². The van der Waals surface area contributed by atoms with Crippen molar-refractivity contribution >= 4 is 11.7 Å². The molecule has 4 heterocycles. The summed E-state index contributed by atoms with van der Waals surface area (Å²) in [6.45, 7) is 9.41. The molecule has 3 aliphatic rings. The van der Waals surface area contributed by atoms with Crippen LogP contribution in [0.15, 0.2) is 18.3 Å². The number of nitrogens with zero attached hydrogens (tertiary/aromatic N) is 4. The van der Waals surface area contributed by atoms with Crippen molar-refractivity contribution in [3.63, 3.8) is 0 Å². The number of ether oxygens (including phenoxy) is 1. The van der Waals surface area contributed by atoms with Gasteiger partial charge in [0.25, 0.3) is 0 Å². The van der Waals surface area contributed by atoms with Crippen LogP contribution in [0.2, 0.25) is 0 Å². The molecule has 33 heavy (non-hydrogen) atoms. The number of anilines is 1. The standard InChI is InChI=1S/C24H35F3N4O2/c1-17-13-29(14-18(2)33-17)15-19-7-11-30(12-8-19)23(32)20-5-4-10-31(16-20)22-21(24(25,26)27)6-3-9-28-22/h3,6,9,17-20H,4-5,7-8,10-16H2,1-2H3. The first-order valence-corrected chi connectivity index (χ1v) is 12.1. The summed E-state index contributed by atoms with van der Waals surface area (Å²) >= 11 is 0. The first-order valence-electron chi connectivity index (χ1n) is 12.1. The third-order valence-corrected chi connectivity index (χ3v) is 7.10. The van der Waals surface area contributed by atoms with Crippen molar-refractivity contribution in [3.05, 3.63) is 23.9 Å². The van der Waals surface area contributed by atoms with Crippen LogP contribution in [0.5, 0.6) is 0 Å². The first-order chi connectivity index (χ1) is 15.7. The highest BCUT2D eigenvalue weighted by atomic mass is 19.4. The van der Waals surface area contributed by atoms with Gasteiger partial charge in [0, 0.05) is 52.0 Å². The molecule has 1 aromatic rings. The molecule has 0 saturated carbocycles. The van der Waals surface area contributed by atoms with Crippen molar-refractivity contribution < 1.29 is 22.7 Å². The average Bonchev–Trinajstić information content (AvgIpc) is 2.78. The summed E-state index contributed by atoms with van der Waals surface area (Å²) in [5.41, 5.74) is -0.731. The van der Waals surface area contributed by atoms with Crippen LogP contribution < -0.4 is 4.90 Å². The van der Waals surface area contributed by atoms with Crippen LogP contribution in [0.3, 0.4) is 0 Å². The smallest absolute Gasteiger partial charge is 0.373 e. The molecule has 9 heteroatoms. The van der Waals surface area contributed by atoms with Crippen LogP contribution in [0.4, 0.5) is 19.0 Å². The second-order valence-corrected chi connectivity index (χ2v) is 9.90. The van der Waals surface area contributed by atoms with E-state index in [-0.39, 0.29) is 29.9 Å².